The third-order valence-electron chi connectivity index (χ3n) is 8.44. The molecule has 0 radical (unpaired) electrons. The van der Waals surface area contributed by atoms with E-state index in [2.05, 4.69) is 5.32 Å². The van der Waals surface area contributed by atoms with Gasteiger partial charge in [0.15, 0.2) is 11.4 Å². The van der Waals surface area contributed by atoms with Gasteiger partial charge in [-0.25, -0.2) is 4.79 Å². The van der Waals surface area contributed by atoms with Gasteiger partial charge in [-0.15, -0.1) is 0 Å². The summed E-state index contributed by atoms with van der Waals surface area (Å²) in [5, 5.41) is 56.6. The van der Waals surface area contributed by atoms with Crippen molar-refractivity contribution in [3.05, 3.63) is 80.8 Å². The van der Waals surface area contributed by atoms with E-state index in [1.54, 1.807) is 37.2 Å². The number of allylic oxidation sites excluding steroid dienone is 2. The number of aromatic hydroxyl groups is 1. The molecule has 2 aromatic rings. The molecular formula is C30H31N3O9. The average molecular weight is 578 g/mol. The van der Waals surface area contributed by atoms with Crippen LogP contribution in [-0.2, 0) is 29.1 Å². The second kappa shape index (κ2) is 10.3. The number of ketones is 2. The molecule has 3 aliphatic rings. The number of aromatic carboxylic acids is 1. The SMILES string of the molecule is CN(C)c1cc(CNCc2ccc(C(=O)O)cc2)c(O)c2c1C[C@H]1C[C@H]3CC(O)=C(C(N)=O)C(=O)[C@@]3(O)C(O)=C1C2=O. The fourth-order valence-corrected chi connectivity index (χ4v) is 6.36. The van der Waals surface area contributed by atoms with Gasteiger partial charge >= 0.3 is 5.97 Å². The third-order valence-corrected chi connectivity index (χ3v) is 8.44. The van der Waals surface area contributed by atoms with E-state index in [9.17, 15) is 39.6 Å². The van der Waals surface area contributed by atoms with E-state index in [4.69, 9.17) is 10.8 Å². The van der Waals surface area contributed by atoms with Crippen molar-refractivity contribution in [2.75, 3.05) is 19.0 Å². The number of carbonyl (C=O) groups is 4. The summed E-state index contributed by atoms with van der Waals surface area (Å²) in [6.07, 6.45) is -0.0234. The number of aliphatic hydroxyl groups excluding tert-OH is 2. The molecule has 1 amide bonds. The highest BCUT2D eigenvalue weighted by Crippen LogP contribution is 2.52. The van der Waals surface area contributed by atoms with Gasteiger partial charge in [-0.2, -0.15) is 0 Å². The molecule has 12 heteroatoms. The lowest BCUT2D eigenvalue weighted by atomic mass is 9.60. The maximum atomic E-state index is 14.0. The number of nitrogens with zero attached hydrogens (tertiary/aromatic N) is 1. The Balaban J connectivity index is 1.51. The number of amides is 1. The minimum Gasteiger partial charge on any atom is -0.511 e. The van der Waals surface area contributed by atoms with E-state index < -0.39 is 58.0 Å². The van der Waals surface area contributed by atoms with Crippen LogP contribution in [0.1, 0.15) is 50.2 Å². The van der Waals surface area contributed by atoms with Crippen molar-refractivity contribution in [2.24, 2.45) is 17.6 Å². The monoisotopic (exact) mass is 577 g/mol. The average Bonchev–Trinajstić information content (AvgIpc) is 2.91. The molecule has 3 atom stereocenters. The smallest absolute Gasteiger partial charge is 0.335 e. The standard InChI is InChI=1S/C30H31N3O9/c1-33(2)19-9-16(12-32-11-13-3-5-14(6-4-13)29(40)41)24(35)22-18(19)8-15-7-17-10-20(34)23(28(31)39)27(38)30(17,42)26(37)21(15)25(22)36/h3-6,9,15,17,32,34-35,37,42H,7-8,10-12H2,1-2H3,(H2,31,39)(H,40,41)/t15-,17+,30+/m1/s1. The summed E-state index contributed by atoms with van der Waals surface area (Å²) in [6.45, 7) is 0.480. The van der Waals surface area contributed by atoms with E-state index >= 15 is 0 Å². The Labute approximate surface area is 240 Å². The number of rotatable bonds is 7. The number of fused-ring (bicyclic) bond motifs is 3. The minimum atomic E-state index is -2.62. The van der Waals surface area contributed by atoms with Crippen molar-refractivity contribution < 1.29 is 44.7 Å². The number of carboxylic acid groups (broad SMARTS) is 1. The molecule has 8 N–H and O–H groups in total. The van der Waals surface area contributed by atoms with E-state index in [1.807, 2.05) is 0 Å². The first-order valence-corrected chi connectivity index (χ1v) is 13.3. The van der Waals surface area contributed by atoms with E-state index in [0.29, 0.717) is 23.4 Å². The molecule has 42 heavy (non-hydrogen) atoms. The van der Waals surface area contributed by atoms with Crippen molar-refractivity contribution in [3.8, 4) is 5.75 Å². The van der Waals surface area contributed by atoms with Gasteiger partial charge in [0.05, 0.1) is 11.1 Å². The number of hydrogen-bond donors (Lipinski definition) is 7. The van der Waals surface area contributed by atoms with E-state index in [1.165, 1.54) is 12.1 Å². The number of phenolic OH excluding ortho intramolecular Hbond substituents is 1. The lowest BCUT2D eigenvalue weighted by Gasteiger charge is -2.46. The number of carbonyl (C=O) groups excluding carboxylic acids is 3. The van der Waals surface area contributed by atoms with Gasteiger partial charge in [-0.05, 0) is 48.1 Å². The van der Waals surface area contributed by atoms with Gasteiger partial charge in [0.2, 0.25) is 5.78 Å². The number of carboxylic acids is 1. The van der Waals surface area contributed by atoms with Crippen LogP contribution < -0.4 is 16.0 Å². The first-order chi connectivity index (χ1) is 19.8. The summed E-state index contributed by atoms with van der Waals surface area (Å²) in [6, 6.07) is 8.06. The highest BCUT2D eigenvalue weighted by Gasteiger charge is 2.59. The van der Waals surface area contributed by atoms with Crippen LogP contribution in [0.25, 0.3) is 0 Å². The molecule has 0 saturated heterocycles. The fourth-order valence-electron chi connectivity index (χ4n) is 6.36. The summed E-state index contributed by atoms with van der Waals surface area (Å²) >= 11 is 0. The predicted octanol–water partition coefficient (Wildman–Crippen LogP) is 1.63. The van der Waals surface area contributed by atoms with Crippen LogP contribution in [0.15, 0.2) is 53.0 Å². The van der Waals surface area contributed by atoms with Crippen LogP contribution in [0, 0.1) is 11.8 Å². The van der Waals surface area contributed by atoms with Crippen LogP contribution in [-0.4, -0.2) is 68.7 Å². The quantitative estimate of drug-likeness (QED) is 0.235. The van der Waals surface area contributed by atoms with E-state index in [0.717, 1.165) is 5.56 Å². The van der Waals surface area contributed by atoms with E-state index in [-0.39, 0.29) is 48.3 Å². The zero-order chi connectivity index (χ0) is 30.7. The van der Waals surface area contributed by atoms with Gasteiger partial charge < -0.3 is 41.5 Å². The number of anilines is 1. The van der Waals surface area contributed by atoms with Crippen LogP contribution in [0.5, 0.6) is 5.75 Å². The molecule has 5 rings (SSSR count). The number of hydrogen-bond acceptors (Lipinski definition) is 10. The molecule has 3 aliphatic carbocycles. The second-order valence-corrected chi connectivity index (χ2v) is 11.2. The van der Waals surface area contributed by atoms with Gasteiger partial charge in [-0.3, -0.25) is 14.4 Å². The molecule has 0 bridgehead atoms. The first kappa shape index (κ1) is 28.8. The molecule has 220 valence electrons. The van der Waals surface area contributed by atoms with Gasteiger partial charge in [0.1, 0.15) is 22.8 Å². The summed E-state index contributed by atoms with van der Waals surface area (Å²) in [5.41, 5.74) is 4.10. The first-order valence-electron chi connectivity index (χ1n) is 13.3. The maximum Gasteiger partial charge on any atom is 0.335 e. The molecule has 0 aromatic heterocycles. The molecule has 0 fully saturated rings. The Morgan fingerprint density at radius 3 is 2.33 bits per heavy atom. The van der Waals surface area contributed by atoms with Crippen LogP contribution in [0.3, 0.4) is 0 Å². The molecule has 12 nitrogen and oxygen atoms in total. The molecule has 0 spiro atoms. The summed E-state index contributed by atoms with van der Waals surface area (Å²) < 4.78 is 0. The summed E-state index contributed by atoms with van der Waals surface area (Å²) in [5.74, 6) is -7.70. The van der Waals surface area contributed by atoms with Gasteiger partial charge in [0.25, 0.3) is 5.91 Å². The number of aliphatic hydroxyl groups is 3. The highest BCUT2D eigenvalue weighted by atomic mass is 16.4. The lowest BCUT2D eigenvalue weighted by Crippen LogP contribution is -2.57. The van der Waals surface area contributed by atoms with Crippen molar-refractivity contribution in [1.82, 2.24) is 5.32 Å². The predicted molar refractivity (Wildman–Crippen MR) is 149 cm³/mol. The third kappa shape index (κ3) is 4.39. The largest absolute Gasteiger partial charge is 0.511 e. The number of phenols is 1. The molecule has 0 aliphatic heterocycles. The molecule has 2 aromatic carbocycles. The van der Waals surface area contributed by atoms with Crippen molar-refractivity contribution in [1.29, 1.82) is 0 Å². The van der Waals surface area contributed by atoms with Crippen molar-refractivity contribution in [3.63, 3.8) is 0 Å². The van der Waals surface area contributed by atoms with Crippen molar-refractivity contribution >= 4 is 29.1 Å². The summed E-state index contributed by atoms with van der Waals surface area (Å²) in [7, 11) is 3.57. The Morgan fingerprint density at radius 1 is 1.07 bits per heavy atom. The normalized spacial score (nSPS) is 23.3. The van der Waals surface area contributed by atoms with Crippen molar-refractivity contribution in [2.45, 2.75) is 38.0 Å². The van der Waals surface area contributed by atoms with Gasteiger partial charge in [-0.1, -0.05) is 12.1 Å². The molecule has 0 saturated carbocycles. The number of benzene rings is 2. The van der Waals surface area contributed by atoms with Crippen LogP contribution in [0.2, 0.25) is 0 Å². The Morgan fingerprint density at radius 2 is 1.74 bits per heavy atom. The number of primary amides is 1. The topological polar surface area (TPSA) is 211 Å². The fraction of sp³-hybridized carbons (Fsp3) is 0.333. The molecule has 0 unspecified atom stereocenters. The van der Waals surface area contributed by atoms with Crippen LogP contribution >= 0.6 is 0 Å². The molecular weight excluding hydrogens is 546 g/mol. The highest BCUT2D eigenvalue weighted by molar-refractivity contribution is 6.24. The van der Waals surface area contributed by atoms with Gasteiger partial charge in [0, 0.05) is 56.3 Å². The van der Waals surface area contributed by atoms with Crippen LogP contribution in [0.4, 0.5) is 5.69 Å². The number of Topliss-reactive ketones (excluding diaryl/α,β-unsaturated/α-hetero) is 2. The second-order valence-electron chi connectivity index (χ2n) is 11.2. The minimum absolute atomic E-state index is 0.0552. The number of nitrogens with one attached hydrogen (secondary N) is 1. The Kier molecular flexibility index (Phi) is 7.07. The zero-order valence-corrected chi connectivity index (χ0v) is 23.0. The Bertz CT molecular complexity index is 1610. The zero-order valence-electron chi connectivity index (χ0n) is 23.0. The Hall–Kier alpha value is -4.68. The molecule has 0 heterocycles. The maximum absolute atomic E-state index is 14.0. The number of nitrogens with two attached hydrogens (primary N) is 1. The lowest BCUT2D eigenvalue weighted by molar-refractivity contribution is -0.144. The summed E-state index contributed by atoms with van der Waals surface area (Å²) in [4.78, 5) is 51.8.